The van der Waals surface area contributed by atoms with E-state index in [1.54, 1.807) is 18.1 Å². The van der Waals surface area contributed by atoms with Gasteiger partial charge in [0.25, 0.3) is 0 Å². The lowest BCUT2D eigenvalue weighted by Crippen LogP contribution is -2.28. The number of aromatic nitrogens is 1. The zero-order valence-corrected chi connectivity index (χ0v) is 8.66. The van der Waals surface area contributed by atoms with E-state index < -0.39 is 0 Å². The molecule has 0 bridgehead atoms. The molecule has 0 aliphatic carbocycles. The highest BCUT2D eigenvalue weighted by Gasteiger charge is 2.11. The average molecular weight is 195 g/mol. The summed E-state index contributed by atoms with van der Waals surface area (Å²) in [5.41, 5.74) is 5.58. The van der Waals surface area contributed by atoms with Crippen molar-refractivity contribution in [3.63, 3.8) is 0 Å². The Labute approximate surface area is 84.1 Å². The minimum absolute atomic E-state index is 0.0796. The van der Waals surface area contributed by atoms with Gasteiger partial charge in [-0.1, -0.05) is 0 Å². The molecule has 1 heterocycles. The molecule has 1 aromatic rings. The van der Waals surface area contributed by atoms with Gasteiger partial charge in [0.15, 0.2) is 0 Å². The summed E-state index contributed by atoms with van der Waals surface area (Å²) in [6.45, 7) is 1.90. The molecule has 0 radical (unpaired) electrons. The van der Waals surface area contributed by atoms with Gasteiger partial charge in [0.2, 0.25) is 5.91 Å². The van der Waals surface area contributed by atoms with Crippen LogP contribution in [-0.4, -0.2) is 24.0 Å². The van der Waals surface area contributed by atoms with Crippen LogP contribution in [0.2, 0.25) is 0 Å². The first-order valence-corrected chi connectivity index (χ1v) is 4.77. The molecule has 78 valence electrons. The summed E-state index contributed by atoms with van der Waals surface area (Å²) < 4.78 is 0. The number of nitrogens with one attached hydrogen (secondary N) is 1. The number of H-pyrrole nitrogens is 1. The predicted octanol–water partition coefficient (Wildman–Crippen LogP) is 1.10. The normalized spacial score (nSPS) is 12.5. The summed E-state index contributed by atoms with van der Waals surface area (Å²) >= 11 is 0. The zero-order chi connectivity index (χ0) is 10.6. The van der Waals surface area contributed by atoms with Crippen molar-refractivity contribution in [1.29, 1.82) is 0 Å². The SMILES string of the molecule is CC(N)CCC(=O)N(C)c1ccc[nH]1. The van der Waals surface area contributed by atoms with Gasteiger partial charge in [-0.3, -0.25) is 4.79 Å². The van der Waals surface area contributed by atoms with E-state index in [0.29, 0.717) is 6.42 Å². The Morgan fingerprint density at radius 2 is 2.43 bits per heavy atom. The second-order valence-corrected chi connectivity index (χ2v) is 3.52. The lowest BCUT2D eigenvalue weighted by Gasteiger charge is -2.15. The van der Waals surface area contributed by atoms with Gasteiger partial charge < -0.3 is 15.6 Å². The number of carbonyl (C=O) groups excluding carboxylic acids is 1. The highest BCUT2D eigenvalue weighted by molar-refractivity contribution is 5.91. The van der Waals surface area contributed by atoms with Crippen LogP contribution in [0.1, 0.15) is 19.8 Å². The molecule has 1 unspecified atom stereocenters. The van der Waals surface area contributed by atoms with Crippen molar-refractivity contribution in [1.82, 2.24) is 4.98 Å². The molecule has 4 nitrogen and oxygen atoms in total. The maximum absolute atomic E-state index is 11.6. The number of rotatable bonds is 4. The van der Waals surface area contributed by atoms with Gasteiger partial charge in [-0.05, 0) is 25.5 Å². The number of nitrogens with two attached hydrogens (primary N) is 1. The van der Waals surface area contributed by atoms with Gasteiger partial charge in [-0.15, -0.1) is 0 Å². The van der Waals surface area contributed by atoms with Crippen molar-refractivity contribution < 1.29 is 4.79 Å². The first-order chi connectivity index (χ1) is 6.61. The quantitative estimate of drug-likeness (QED) is 0.755. The van der Waals surface area contributed by atoms with Crippen molar-refractivity contribution >= 4 is 11.7 Å². The Morgan fingerprint density at radius 3 is 2.93 bits per heavy atom. The van der Waals surface area contributed by atoms with Crippen LogP contribution < -0.4 is 10.6 Å². The third-order valence-electron chi connectivity index (χ3n) is 2.13. The predicted molar refractivity (Wildman–Crippen MR) is 57.1 cm³/mol. The molecule has 3 N–H and O–H groups in total. The molecule has 4 heteroatoms. The van der Waals surface area contributed by atoms with E-state index in [9.17, 15) is 4.79 Å². The van der Waals surface area contributed by atoms with E-state index >= 15 is 0 Å². The Balaban J connectivity index is 2.45. The van der Waals surface area contributed by atoms with E-state index in [0.717, 1.165) is 12.2 Å². The average Bonchev–Trinajstić information content (AvgIpc) is 2.65. The fourth-order valence-corrected chi connectivity index (χ4v) is 1.18. The fraction of sp³-hybridized carbons (Fsp3) is 0.500. The van der Waals surface area contributed by atoms with Gasteiger partial charge in [-0.25, -0.2) is 0 Å². The summed E-state index contributed by atoms with van der Waals surface area (Å²) in [5, 5.41) is 0. The largest absolute Gasteiger partial charge is 0.348 e. The van der Waals surface area contributed by atoms with Gasteiger partial charge >= 0.3 is 0 Å². The molecular weight excluding hydrogens is 178 g/mol. The maximum Gasteiger partial charge on any atom is 0.227 e. The molecule has 0 spiro atoms. The number of hydrogen-bond acceptors (Lipinski definition) is 2. The minimum atomic E-state index is 0.0796. The summed E-state index contributed by atoms with van der Waals surface area (Å²) in [6, 6.07) is 3.81. The molecule has 0 saturated heterocycles. The van der Waals surface area contributed by atoms with Crippen LogP contribution in [0.3, 0.4) is 0 Å². The second-order valence-electron chi connectivity index (χ2n) is 3.52. The van der Waals surface area contributed by atoms with Gasteiger partial charge in [0.05, 0.1) is 0 Å². The molecule has 0 aliphatic rings. The molecule has 0 saturated carbocycles. The van der Waals surface area contributed by atoms with Crippen LogP contribution >= 0.6 is 0 Å². The lowest BCUT2D eigenvalue weighted by molar-refractivity contribution is -0.118. The fourth-order valence-electron chi connectivity index (χ4n) is 1.18. The third-order valence-corrected chi connectivity index (χ3v) is 2.13. The molecule has 0 fully saturated rings. The Hall–Kier alpha value is -1.29. The molecule has 14 heavy (non-hydrogen) atoms. The van der Waals surface area contributed by atoms with Crippen LogP contribution in [0.25, 0.3) is 0 Å². The molecule has 0 aromatic carbocycles. The number of aromatic amines is 1. The Kier molecular flexibility index (Phi) is 3.71. The molecular formula is C10H17N3O. The molecule has 1 aromatic heterocycles. The van der Waals surface area contributed by atoms with Crippen LogP contribution in [0.5, 0.6) is 0 Å². The highest BCUT2D eigenvalue weighted by atomic mass is 16.2. The first-order valence-electron chi connectivity index (χ1n) is 4.77. The molecule has 1 amide bonds. The van der Waals surface area contributed by atoms with E-state index in [-0.39, 0.29) is 11.9 Å². The first kappa shape index (κ1) is 10.8. The van der Waals surface area contributed by atoms with Gasteiger partial charge in [0.1, 0.15) is 5.82 Å². The molecule has 1 atom stereocenters. The number of amides is 1. The molecule has 1 rings (SSSR count). The van der Waals surface area contributed by atoms with Crippen molar-refractivity contribution in [2.45, 2.75) is 25.8 Å². The summed E-state index contributed by atoms with van der Waals surface area (Å²) in [5.74, 6) is 0.907. The minimum Gasteiger partial charge on any atom is -0.348 e. The second kappa shape index (κ2) is 4.81. The van der Waals surface area contributed by atoms with Crippen molar-refractivity contribution in [2.75, 3.05) is 11.9 Å². The van der Waals surface area contributed by atoms with E-state index in [4.69, 9.17) is 5.73 Å². The number of anilines is 1. The van der Waals surface area contributed by atoms with E-state index in [1.165, 1.54) is 0 Å². The number of nitrogens with zero attached hydrogens (tertiary/aromatic N) is 1. The summed E-state index contributed by atoms with van der Waals surface area (Å²) in [7, 11) is 1.76. The lowest BCUT2D eigenvalue weighted by atomic mass is 10.2. The monoisotopic (exact) mass is 195 g/mol. The van der Waals surface area contributed by atoms with Gasteiger partial charge in [0, 0.05) is 25.7 Å². The molecule has 0 aliphatic heterocycles. The van der Waals surface area contributed by atoms with E-state index in [1.807, 2.05) is 19.1 Å². The van der Waals surface area contributed by atoms with Gasteiger partial charge in [-0.2, -0.15) is 0 Å². The Morgan fingerprint density at radius 1 is 1.71 bits per heavy atom. The highest BCUT2D eigenvalue weighted by Crippen LogP contribution is 2.10. The van der Waals surface area contributed by atoms with Crippen molar-refractivity contribution in [2.24, 2.45) is 5.73 Å². The number of hydrogen-bond donors (Lipinski definition) is 2. The summed E-state index contributed by atoms with van der Waals surface area (Å²) in [6.07, 6.45) is 3.02. The van der Waals surface area contributed by atoms with E-state index in [2.05, 4.69) is 4.98 Å². The topological polar surface area (TPSA) is 62.1 Å². The standard InChI is InChI=1S/C10H17N3O/c1-8(11)5-6-10(14)13(2)9-4-3-7-12-9/h3-4,7-8,12H,5-6,11H2,1-2H3. The van der Waals surface area contributed by atoms with Crippen molar-refractivity contribution in [3.05, 3.63) is 18.3 Å². The summed E-state index contributed by atoms with van der Waals surface area (Å²) in [4.78, 5) is 16.2. The third kappa shape index (κ3) is 2.88. The van der Waals surface area contributed by atoms with Crippen LogP contribution in [0.15, 0.2) is 18.3 Å². The van der Waals surface area contributed by atoms with Crippen molar-refractivity contribution in [3.8, 4) is 0 Å². The van der Waals surface area contributed by atoms with Crippen LogP contribution in [0, 0.1) is 0 Å². The Bertz CT molecular complexity index is 280. The van der Waals surface area contributed by atoms with Crippen LogP contribution in [0.4, 0.5) is 5.82 Å². The smallest absolute Gasteiger partial charge is 0.227 e. The zero-order valence-electron chi connectivity index (χ0n) is 8.66. The number of carbonyl (C=O) groups is 1. The van der Waals surface area contributed by atoms with Crippen LogP contribution in [-0.2, 0) is 4.79 Å². The maximum atomic E-state index is 11.6.